The Balaban J connectivity index is 2.21. The molecule has 1 N–H and O–H groups in total. The second-order valence-electron chi connectivity index (χ2n) is 4.70. The summed E-state index contributed by atoms with van der Waals surface area (Å²) in [5, 5.41) is 9.79. The van der Waals surface area contributed by atoms with E-state index in [-0.39, 0.29) is 6.10 Å². The number of aryl methyl sites for hydroxylation is 1. The molecule has 0 saturated carbocycles. The fourth-order valence-electron chi connectivity index (χ4n) is 1.77. The molecule has 0 bridgehead atoms. The molecule has 18 heavy (non-hydrogen) atoms. The standard InChI is InChI=1S/C15H24N2O/c1-3-4-5-6-9-15(18)10-7-8-14-11-16-13(2)17-12-14/h7-8,11-12,15,18H,3-6,9-10H2,1-2H3/b8-7+. The molecule has 3 nitrogen and oxygen atoms in total. The molecule has 0 aliphatic heterocycles. The lowest BCUT2D eigenvalue weighted by atomic mass is 10.1. The van der Waals surface area contributed by atoms with Crippen molar-refractivity contribution >= 4 is 6.08 Å². The predicted octanol–water partition coefficient (Wildman–Crippen LogP) is 3.52. The van der Waals surface area contributed by atoms with Crippen molar-refractivity contribution in [1.82, 2.24) is 9.97 Å². The number of aromatic nitrogens is 2. The summed E-state index contributed by atoms with van der Waals surface area (Å²) in [4.78, 5) is 8.24. The molecule has 100 valence electrons. The van der Waals surface area contributed by atoms with Crippen molar-refractivity contribution in [2.24, 2.45) is 0 Å². The molecule has 1 rings (SSSR count). The van der Waals surface area contributed by atoms with Crippen LogP contribution in [0, 0.1) is 6.92 Å². The van der Waals surface area contributed by atoms with Crippen LogP contribution >= 0.6 is 0 Å². The molecule has 0 saturated heterocycles. The number of hydrogen-bond donors (Lipinski definition) is 1. The van der Waals surface area contributed by atoms with E-state index < -0.39 is 0 Å². The molecule has 0 amide bonds. The maximum atomic E-state index is 9.79. The molecular weight excluding hydrogens is 224 g/mol. The van der Waals surface area contributed by atoms with Crippen molar-refractivity contribution < 1.29 is 5.11 Å². The van der Waals surface area contributed by atoms with Crippen molar-refractivity contribution in [2.75, 3.05) is 0 Å². The zero-order chi connectivity index (χ0) is 13.2. The van der Waals surface area contributed by atoms with Gasteiger partial charge in [0.1, 0.15) is 5.82 Å². The predicted molar refractivity (Wildman–Crippen MR) is 75.2 cm³/mol. The van der Waals surface area contributed by atoms with E-state index in [1.165, 1.54) is 19.3 Å². The molecule has 0 aliphatic carbocycles. The van der Waals surface area contributed by atoms with Crippen LogP contribution in [0.3, 0.4) is 0 Å². The second-order valence-corrected chi connectivity index (χ2v) is 4.70. The molecule has 1 atom stereocenters. The van der Waals surface area contributed by atoms with E-state index in [2.05, 4.69) is 16.9 Å². The molecule has 1 unspecified atom stereocenters. The minimum Gasteiger partial charge on any atom is -0.393 e. The molecular formula is C15H24N2O. The summed E-state index contributed by atoms with van der Waals surface area (Å²) in [6, 6.07) is 0. The summed E-state index contributed by atoms with van der Waals surface area (Å²) >= 11 is 0. The van der Waals surface area contributed by atoms with E-state index in [4.69, 9.17) is 0 Å². The van der Waals surface area contributed by atoms with Crippen LogP contribution in [0.15, 0.2) is 18.5 Å². The van der Waals surface area contributed by atoms with E-state index >= 15 is 0 Å². The Morgan fingerprint density at radius 3 is 2.61 bits per heavy atom. The molecule has 1 heterocycles. The lowest BCUT2D eigenvalue weighted by Crippen LogP contribution is -2.04. The van der Waals surface area contributed by atoms with E-state index in [0.717, 1.165) is 24.2 Å². The van der Waals surface area contributed by atoms with Gasteiger partial charge < -0.3 is 5.11 Å². The van der Waals surface area contributed by atoms with Crippen LogP contribution in [0.2, 0.25) is 0 Å². The van der Waals surface area contributed by atoms with Crippen LogP contribution < -0.4 is 0 Å². The van der Waals surface area contributed by atoms with Crippen LogP contribution in [0.1, 0.15) is 56.8 Å². The van der Waals surface area contributed by atoms with Crippen LogP contribution in [0.4, 0.5) is 0 Å². The molecule has 0 aromatic carbocycles. The van der Waals surface area contributed by atoms with Gasteiger partial charge in [0.25, 0.3) is 0 Å². The monoisotopic (exact) mass is 248 g/mol. The largest absolute Gasteiger partial charge is 0.393 e. The van der Waals surface area contributed by atoms with E-state index in [1.54, 1.807) is 12.4 Å². The third-order valence-electron chi connectivity index (χ3n) is 2.91. The quantitative estimate of drug-likeness (QED) is 0.716. The van der Waals surface area contributed by atoms with E-state index in [9.17, 15) is 5.11 Å². The molecule has 3 heteroatoms. The summed E-state index contributed by atoms with van der Waals surface area (Å²) in [6.07, 6.45) is 13.8. The molecule has 1 aromatic heterocycles. The van der Waals surface area contributed by atoms with Crippen LogP contribution in [0.25, 0.3) is 6.08 Å². The van der Waals surface area contributed by atoms with Gasteiger partial charge >= 0.3 is 0 Å². The Hall–Kier alpha value is -1.22. The lowest BCUT2D eigenvalue weighted by Gasteiger charge is -2.06. The zero-order valence-electron chi connectivity index (χ0n) is 11.5. The van der Waals surface area contributed by atoms with Crippen molar-refractivity contribution in [1.29, 1.82) is 0 Å². The third-order valence-corrected chi connectivity index (χ3v) is 2.91. The number of nitrogens with zero attached hydrogens (tertiary/aromatic N) is 2. The van der Waals surface area contributed by atoms with Gasteiger partial charge in [-0.2, -0.15) is 0 Å². The number of aliphatic hydroxyl groups is 1. The van der Waals surface area contributed by atoms with Crippen molar-refractivity contribution in [3.63, 3.8) is 0 Å². The SMILES string of the molecule is CCCCCCC(O)C/C=C/c1cnc(C)nc1. The Labute approximate surface area is 110 Å². The molecule has 0 fully saturated rings. The molecule has 0 radical (unpaired) electrons. The summed E-state index contributed by atoms with van der Waals surface area (Å²) in [5.74, 6) is 0.781. The number of hydrogen-bond acceptors (Lipinski definition) is 3. The summed E-state index contributed by atoms with van der Waals surface area (Å²) in [7, 11) is 0. The highest BCUT2D eigenvalue weighted by Crippen LogP contribution is 2.09. The number of rotatable bonds is 8. The maximum absolute atomic E-state index is 9.79. The Kier molecular flexibility index (Phi) is 7.26. The van der Waals surface area contributed by atoms with Gasteiger partial charge in [-0.15, -0.1) is 0 Å². The van der Waals surface area contributed by atoms with Gasteiger partial charge in [-0.05, 0) is 19.8 Å². The summed E-state index contributed by atoms with van der Waals surface area (Å²) in [6.45, 7) is 4.07. The van der Waals surface area contributed by atoms with E-state index in [0.29, 0.717) is 6.42 Å². The first-order valence-corrected chi connectivity index (χ1v) is 6.85. The molecule has 0 aliphatic rings. The first-order chi connectivity index (χ1) is 8.72. The van der Waals surface area contributed by atoms with Gasteiger partial charge in [0.2, 0.25) is 0 Å². The summed E-state index contributed by atoms with van der Waals surface area (Å²) in [5.41, 5.74) is 0.985. The van der Waals surface area contributed by atoms with Gasteiger partial charge in [-0.25, -0.2) is 9.97 Å². The summed E-state index contributed by atoms with van der Waals surface area (Å²) < 4.78 is 0. The van der Waals surface area contributed by atoms with E-state index in [1.807, 2.05) is 19.1 Å². The van der Waals surface area contributed by atoms with Gasteiger partial charge in [-0.1, -0.05) is 44.8 Å². The van der Waals surface area contributed by atoms with Crippen LogP contribution in [-0.4, -0.2) is 21.2 Å². The highest BCUT2D eigenvalue weighted by atomic mass is 16.3. The van der Waals surface area contributed by atoms with Crippen molar-refractivity contribution in [2.45, 2.75) is 58.5 Å². The van der Waals surface area contributed by atoms with Crippen LogP contribution in [0.5, 0.6) is 0 Å². The molecule has 1 aromatic rings. The second kappa shape index (κ2) is 8.81. The minimum atomic E-state index is -0.218. The first kappa shape index (κ1) is 14.8. The lowest BCUT2D eigenvalue weighted by molar-refractivity contribution is 0.164. The van der Waals surface area contributed by atoms with Gasteiger partial charge in [0, 0.05) is 18.0 Å². The fourth-order valence-corrected chi connectivity index (χ4v) is 1.77. The zero-order valence-corrected chi connectivity index (χ0v) is 11.5. The number of unbranched alkanes of at least 4 members (excludes halogenated alkanes) is 3. The fraction of sp³-hybridized carbons (Fsp3) is 0.600. The number of aliphatic hydroxyl groups excluding tert-OH is 1. The molecule has 0 spiro atoms. The normalized spacial score (nSPS) is 13.1. The van der Waals surface area contributed by atoms with Crippen molar-refractivity contribution in [3.05, 3.63) is 29.9 Å². The third kappa shape index (κ3) is 6.50. The average molecular weight is 248 g/mol. The highest BCUT2D eigenvalue weighted by Gasteiger charge is 2.00. The van der Waals surface area contributed by atoms with Gasteiger partial charge in [-0.3, -0.25) is 0 Å². The smallest absolute Gasteiger partial charge is 0.125 e. The highest BCUT2D eigenvalue weighted by molar-refractivity contribution is 5.46. The average Bonchev–Trinajstić information content (AvgIpc) is 2.37. The Bertz CT molecular complexity index is 346. The maximum Gasteiger partial charge on any atom is 0.125 e. The Morgan fingerprint density at radius 1 is 1.22 bits per heavy atom. The topological polar surface area (TPSA) is 46.0 Å². The first-order valence-electron chi connectivity index (χ1n) is 6.85. The van der Waals surface area contributed by atoms with Crippen LogP contribution in [-0.2, 0) is 0 Å². The Morgan fingerprint density at radius 2 is 1.94 bits per heavy atom. The van der Waals surface area contributed by atoms with Gasteiger partial charge in [0.15, 0.2) is 0 Å². The minimum absolute atomic E-state index is 0.218. The van der Waals surface area contributed by atoms with Gasteiger partial charge in [0.05, 0.1) is 6.10 Å². The van der Waals surface area contributed by atoms with Crippen molar-refractivity contribution in [3.8, 4) is 0 Å².